The highest BCUT2D eigenvalue weighted by atomic mass is 79.9. The molecule has 100 valence electrons. The highest BCUT2D eigenvalue weighted by molar-refractivity contribution is 9.10. The zero-order valence-corrected chi connectivity index (χ0v) is 12.4. The van der Waals surface area contributed by atoms with Crippen LogP contribution in [0.15, 0.2) is 33.3 Å². The zero-order valence-electron chi connectivity index (χ0n) is 10.8. The molecule has 5 heteroatoms. The maximum Gasteiger partial charge on any atom is 0.246 e. The molecule has 19 heavy (non-hydrogen) atoms. The van der Waals surface area contributed by atoms with Gasteiger partial charge >= 0.3 is 0 Å². The second kappa shape index (κ2) is 5.33. The first-order valence-electron chi connectivity index (χ1n) is 6.59. The maximum absolute atomic E-state index is 5.33. The summed E-state index contributed by atoms with van der Waals surface area (Å²) in [7, 11) is 0. The van der Waals surface area contributed by atoms with Crippen LogP contribution < -0.4 is 4.90 Å². The highest BCUT2D eigenvalue weighted by Gasteiger charge is 2.28. The molecular formula is C14H16BrN3O. The van der Waals surface area contributed by atoms with Crippen molar-refractivity contribution in [2.45, 2.75) is 32.2 Å². The fourth-order valence-electron chi connectivity index (χ4n) is 2.04. The smallest absolute Gasteiger partial charge is 0.246 e. The van der Waals surface area contributed by atoms with Crippen LogP contribution in [0.25, 0.3) is 0 Å². The summed E-state index contributed by atoms with van der Waals surface area (Å²) in [6.07, 6.45) is 2.40. The number of anilines is 1. The third-order valence-electron chi connectivity index (χ3n) is 3.33. The average molecular weight is 322 g/mol. The highest BCUT2D eigenvalue weighted by Crippen LogP contribution is 2.38. The molecule has 0 bridgehead atoms. The molecule has 1 saturated carbocycles. The van der Waals surface area contributed by atoms with Gasteiger partial charge in [-0.1, -0.05) is 21.1 Å². The first kappa shape index (κ1) is 12.7. The number of nitrogens with zero attached hydrogens (tertiary/aromatic N) is 3. The van der Waals surface area contributed by atoms with Crippen molar-refractivity contribution in [3.05, 3.63) is 40.5 Å². The van der Waals surface area contributed by atoms with E-state index in [1.807, 2.05) is 12.1 Å². The Morgan fingerprint density at radius 3 is 2.68 bits per heavy atom. The summed E-state index contributed by atoms with van der Waals surface area (Å²) < 4.78 is 6.42. The van der Waals surface area contributed by atoms with E-state index >= 15 is 0 Å². The minimum Gasteiger partial charge on any atom is -0.362 e. The van der Waals surface area contributed by atoms with Gasteiger partial charge in [-0.3, -0.25) is 0 Å². The van der Waals surface area contributed by atoms with E-state index in [0.29, 0.717) is 18.4 Å². The van der Waals surface area contributed by atoms with Crippen molar-refractivity contribution in [2.75, 3.05) is 11.4 Å². The van der Waals surface area contributed by atoms with E-state index in [9.17, 15) is 0 Å². The van der Waals surface area contributed by atoms with Crippen molar-refractivity contribution in [2.24, 2.45) is 0 Å². The Labute approximate surface area is 120 Å². The molecule has 0 unspecified atom stereocenters. The molecular weight excluding hydrogens is 306 g/mol. The van der Waals surface area contributed by atoms with Crippen molar-refractivity contribution < 1.29 is 4.52 Å². The Hall–Kier alpha value is -1.36. The second-order valence-electron chi connectivity index (χ2n) is 4.81. The molecule has 2 aromatic rings. The number of hydrogen-bond donors (Lipinski definition) is 0. The topological polar surface area (TPSA) is 42.2 Å². The second-order valence-corrected chi connectivity index (χ2v) is 5.73. The normalized spacial score (nSPS) is 14.6. The van der Waals surface area contributed by atoms with Gasteiger partial charge in [-0.2, -0.15) is 4.98 Å². The lowest BCUT2D eigenvalue weighted by molar-refractivity contribution is 0.371. The van der Waals surface area contributed by atoms with Gasteiger partial charge in [0.05, 0.1) is 6.54 Å². The van der Waals surface area contributed by atoms with E-state index in [0.717, 1.165) is 22.5 Å². The van der Waals surface area contributed by atoms with Crippen LogP contribution in [0, 0.1) is 0 Å². The van der Waals surface area contributed by atoms with Crippen LogP contribution in [-0.4, -0.2) is 16.7 Å². The number of aromatic nitrogens is 2. The Morgan fingerprint density at radius 2 is 2.05 bits per heavy atom. The van der Waals surface area contributed by atoms with Crippen molar-refractivity contribution in [1.82, 2.24) is 10.1 Å². The van der Waals surface area contributed by atoms with Gasteiger partial charge in [-0.05, 0) is 44.0 Å². The molecule has 0 spiro atoms. The molecule has 0 atom stereocenters. The minimum absolute atomic E-state index is 0.542. The summed E-state index contributed by atoms with van der Waals surface area (Å²) in [5, 5.41) is 4.05. The van der Waals surface area contributed by atoms with Crippen LogP contribution in [-0.2, 0) is 6.54 Å². The largest absolute Gasteiger partial charge is 0.362 e. The summed E-state index contributed by atoms with van der Waals surface area (Å²) in [4.78, 5) is 6.69. The predicted molar refractivity (Wildman–Crippen MR) is 77.1 cm³/mol. The minimum atomic E-state index is 0.542. The van der Waals surface area contributed by atoms with Crippen LogP contribution in [0.1, 0.15) is 37.4 Å². The summed E-state index contributed by atoms with van der Waals surface area (Å²) >= 11 is 3.45. The van der Waals surface area contributed by atoms with E-state index in [1.54, 1.807) is 0 Å². The number of hydrogen-bond acceptors (Lipinski definition) is 4. The Bertz CT molecular complexity index is 548. The van der Waals surface area contributed by atoms with E-state index in [2.05, 4.69) is 50.0 Å². The number of benzene rings is 1. The molecule has 0 amide bonds. The van der Waals surface area contributed by atoms with Gasteiger partial charge in [0.2, 0.25) is 5.89 Å². The standard InChI is InChI=1S/C14H16BrN3O/c1-2-18(12-7-5-11(15)6-8-12)9-13-16-14(17-19-13)10-3-4-10/h5-8,10H,2-4,9H2,1H3. The predicted octanol–water partition coefficient (Wildman–Crippen LogP) is 3.74. The lowest BCUT2D eigenvalue weighted by Gasteiger charge is -2.20. The molecule has 1 aromatic carbocycles. The third kappa shape index (κ3) is 2.97. The van der Waals surface area contributed by atoms with Gasteiger partial charge in [0.15, 0.2) is 5.82 Å². The van der Waals surface area contributed by atoms with Crippen molar-refractivity contribution >= 4 is 21.6 Å². The molecule has 1 fully saturated rings. The Kier molecular flexibility index (Phi) is 3.55. The SMILES string of the molecule is CCN(Cc1nc(C2CC2)no1)c1ccc(Br)cc1. The monoisotopic (exact) mass is 321 g/mol. The molecule has 0 N–H and O–H groups in total. The Morgan fingerprint density at radius 1 is 1.32 bits per heavy atom. The Balaban J connectivity index is 1.72. The quantitative estimate of drug-likeness (QED) is 0.841. The van der Waals surface area contributed by atoms with Gasteiger partial charge < -0.3 is 9.42 Å². The molecule has 1 heterocycles. The van der Waals surface area contributed by atoms with E-state index in [-0.39, 0.29) is 0 Å². The molecule has 0 aliphatic heterocycles. The first-order chi connectivity index (χ1) is 9.26. The van der Waals surface area contributed by atoms with Gasteiger partial charge in [0.1, 0.15) is 0 Å². The molecule has 1 aliphatic carbocycles. The average Bonchev–Trinajstić information content (AvgIpc) is 3.17. The van der Waals surface area contributed by atoms with Gasteiger partial charge in [0, 0.05) is 22.6 Å². The van der Waals surface area contributed by atoms with Gasteiger partial charge in [-0.15, -0.1) is 0 Å². The fourth-order valence-corrected chi connectivity index (χ4v) is 2.30. The molecule has 4 nitrogen and oxygen atoms in total. The maximum atomic E-state index is 5.33. The van der Waals surface area contributed by atoms with Crippen molar-refractivity contribution in [1.29, 1.82) is 0 Å². The van der Waals surface area contributed by atoms with E-state index in [1.165, 1.54) is 12.8 Å². The van der Waals surface area contributed by atoms with Gasteiger partial charge in [-0.25, -0.2) is 0 Å². The van der Waals surface area contributed by atoms with Crippen LogP contribution >= 0.6 is 15.9 Å². The van der Waals surface area contributed by atoms with Gasteiger partial charge in [0.25, 0.3) is 0 Å². The van der Waals surface area contributed by atoms with E-state index < -0.39 is 0 Å². The first-order valence-corrected chi connectivity index (χ1v) is 7.38. The lowest BCUT2D eigenvalue weighted by Crippen LogP contribution is -2.22. The summed E-state index contributed by atoms with van der Waals surface area (Å²) in [6, 6.07) is 8.26. The van der Waals surface area contributed by atoms with Crippen LogP contribution in [0.2, 0.25) is 0 Å². The molecule has 3 rings (SSSR count). The number of halogens is 1. The molecule has 0 saturated heterocycles. The molecule has 0 radical (unpaired) electrons. The molecule has 1 aromatic heterocycles. The van der Waals surface area contributed by atoms with E-state index in [4.69, 9.17) is 4.52 Å². The zero-order chi connectivity index (χ0) is 13.2. The summed E-state index contributed by atoms with van der Waals surface area (Å²) in [5.41, 5.74) is 1.16. The van der Waals surface area contributed by atoms with Crippen molar-refractivity contribution in [3.63, 3.8) is 0 Å². The molecule has 1 aliphatic rings. The third-order valence-corrected chi connectivity index (χ3v) is 3.85. The van der Waals surface area contributed by atoms with Crippen LogP contribution in [0.4, 0.5) is 5.69 Å². The number of rotatable bonds is 5. The lowest BCUT2D eigenvalue weighted by atomic mass is 10.3. The fraction of sp³-hybridized carbons (Fsp3) is 0.429. The van der Waals surface area contributed by atoms with Crippen molar-refractivity contribution in [3.8, 4) is 0 Å². The van der Waals surface area contributed by atoms with Crippen LogP contribution in [0.5, 0.6) is 0 Å². The summed E-state index contributed by atoms with van der Waals surface area (Å²) in [5.74, 6) is 2.12. The van der Waals surface area contributed by atoms with Crippen LogP contribution in [0.3, 0.4) is 0 Å². The summed E-state index contributed by atoms with van der Waals surface area (Å²) in [6.45, 7) is 3.70.